The highest BCUT2D eigenvalue weighted by atomic mass is 16.2. The van der Waals surface area contributed by atoms with E-state index in [9.17, 15) is 9.59 Å². The van der Waals surface area contributed by atoms with E-state index in [4.69, 9.17) is 0 Å². The van der Waals surface area contributed by atoms with E-state index >= 15 is 0 Å². The lowest BCUT2D eigenvalue weighted by molar-refractivity contribution is -0.138. The maximum absolute atomic E-state index is 13.0. The van der Waals surface area contributed by atoms with Gasteiger partial charge in [0.2, 0.25) is 11.8 Å². The summed E-state index contributed by atoms with van der Waals surface area (Å²) in [5.74, 6) is 0.250. The third kappa shape index (κ3) is 5.07. The third-order valence-corrected chi connectivity index (χ3v) is 5.54. The Morgan fingerprint density at radius 1 is 0.960 bits per heavy atom. The molecule has 1 atom stereocenters. The molecule has 25 heavy (non-hydrogen) atoms. The molecule has 0 bridgehead atoms. The lowest BCUT2D eigenvalue weighted by atomic mass is 9.88. The summed E-state index contributed by atoms with van der Waals surface area (Å²) in [5, 5.41) is 3.10. The quantitative estimate of drug-likeness (QED) is 0.892. The van der Waals surface area contributed by atoms with Crippen LogP contribution in [0.15, 0.2) is 30.3 Å². The van der Waals surface area contributed by atoms with Gasteiger partial charge in [-0.15, -0.1) is 0 Å². The summed E-state index contributed by atoms with van der Waals surface area (Å²) >= 11 is 0. The number of hydrogen-bond acceptors (Lipinski definition) is 2. The van der Waals surface area contributed by atoms with Gasteiger partial charge in [0.05, 0.1) is 0 Å². The van der Waals surface area contributed by atoms with Crippen LogP contribution >= 0.6 is 0 Å². The summed E-state index contributed by atoms with van der Waals surface area (Å²) in [6.45, 7) is 1.65. The average Bonchev–Trinajstić information content (AvgIpc) is 2.69. The van der Waals surface area contributed by atoms with Crippen LogP contribution in [0.1, 0.15) is 56.9 Å². The largest absolute Gasteiger partial charge is 0.344 e. The normalized spacial score (nSPS) is 20.1. The van der Waals surface area contributed by atoms with Crippen LogP contribution in [0.4, 0.5) is 0 Å². The Bertz CT molecular complexity index is 561. The number of nitrogens with zero attached hydrogens (tertiary/aromatic N) is 1. The second-order valence-corrected chi connectivity index (χ2v) is 7.47. The number of carbonyl (C=O) groups is 2. The molecule has 1 aromatic rings. The molecule has 1 heterocycles. The predicted molar refractivity (Wildman–Crippen MR) is 99.1 cm³/mol. The van der Waals surface area contributed by atoms with Crippen LogP contribution < -0.4 is 5.32 Å². The number of likely N-dealkylation sites (tertiary alicyclic amines) is 1. The molecule has 1 aromatic carbocycles. The highest BCUT2D eigenvalue weighted by Gasteiger charge is 2.30. The van der Waals surface area contributed by atoms with Crippen molar-refractivity contribution < 1.29 is 9.59 Å². The van der Waals surface area contributed by atoms with Gasteiger partial charge in [-0.3, -0.25) is 9.59 Å². The summed E-state index contributed by atoms with van der Waals surface area (Å²) < 4.78 is 0. The molecular formula is C21H30N2O2. The second-order valence-electron chi connectivity index (χ2n) is 7.47. The van der Waals surface area contributed by atoms with Crippen molar-refractivity contribution in [3.05, 3.63) is 35.9 Å². The average molecular weight is 342 g/mol. The number of rotatable bonds is 5. The van der Waals surface area contributed by atoms with Crippen molar-refractivity contribution in [2.24, 2.45) is 5.92 Å². The minimum absolute atomic E-state index is 0.0750. The van der Waals surface area contributed by atoms with Crippen molar-refractivity contribution >= 4 is 11.8 Å². The molecule has 136 valence electrons. The summed E-state index contributed by atoms with van der Waals surface area (Å²) in [6, 6.07) is 9.58. The molecule has 0 radical (unpaired) electrons. The van der Waals surface area contributed by atoms with Crippen molar-refractivity contribution in [1.82, 2.24) is 10.2 Å². The molecular weight excluding hydrogens is 312 g/mol. The zero-order valence-corrected chi connectivity index (χ0v) is 15.1. The van der Waals surface area contributed by atoms with Gasteiger partial charge in [-0.1, -0.05) is 49.6 Å². The van der Waals surface area contributed by atoms with Gasteiger partial charge in [0.1, 0.15) is 6.04 Å². The van der Waals surface area contributed by atoms with Crippen LogP contribution in [0.2, 0.25) is 0 Å². The minimum atomic E-state index is -0.435. The molecule has 2 fully saturated rings. The van der Waals surface area contributed by atoms with Crippen LogP contribution in [0.5, 0.6) is 0 Å². The SMILES string of the molecule is O=C(N[C@H](Cc1ccccc1)C(=O)N1CCCCC1)C1CCCCC1. The van der Waals surface area contributed by atoms with Crippen LogP contribution in [-0.4, -0.2) is 35.8 Å². The van der Waals surface area contributed by atoms with Crippen LogP contribution in [0, 0.1) is 5.92 Å². The molecule has 3 rings (SSSR count). The van der Waals surface area contributed by atoms with Gasteiger partial charge in [0.25, 0.3) is 0 Å². The third-order valence-electron chi connectivity index (χ3n) is 5.54. The molecule has 4 heteroatoms. The summed E-state index contributed by atoms with van der Waals surface area (Å²) in [4.78, 5) is 27.7. The zero-order valence-electron chi connectivity index (χ0n) is 15.1. The van der Waals surface area contributed by atoms with E-state index in [1.807, 2.05) is 35.2 Å². The molecule has 2 amide bonds. The number of piperidine rings is 1. The minimum Gasteiger partial charge on any atom is -0.344 e. The second kappa shape index (κ2) is 9.02. The van der Waals surface area contributed by atoms with Crippen molar-refractivity contribution in [3.8, 4) is 0 Å². The number of benzene rings is 1. The van der Waals surface area contributed by atoms with E-state index in [0.29, 0.717) is 6.42 Å². The fourth-order valence-electron chi connectivity index (χ4n) is 4.04. The fraction of sp³-hybridized carbons (Fsp3) is 0.619. The first-order valence-electron chi connectivity index (χ1n) is 9.87. The van der Waals surface area contributed by atoms with Gasteiger partial charge >= 0.3 is 0 Å². The summed E-state index contributed by atoms with van der Waals surface area (Å²) in [6.07, 6.45) is 9.31. The van der Waals surface area contributed by atoms with E-state index in [-0.39, 0.29) is 17.7 Å². The molecule has 0 spiro atoms. The molecule has 2 aliphatic rings. The van der Waals surface area contributed by atoms with Gasteiger partial charge in [0, 0.05) is 25.4 Å². The molecule has 1 aliphatic heterocycles. The van der Waals surface area contributed by atoms with E-state index in [1.165, 1.54) is 12.8 Å². The van der Waals surface area contributed by atoms with Crippen molar-refractivity contribution in [2.45, 2.75) is 63.8 Å². The van der Waals surface area contributed by atoms with Gasteiger partial charge in [-0.25, -0.2) is 0 Å². The lowest BCUT2D eigenvalue weighted by Crippen LogP contribution is -2.52. The Hall–Kier alpha value is -1.84. The Morgan fingerprint density at radius 2 is 1.60 bits per heavy atom. The maximum atomic E-state index is 13.0. The smallest absolute Gasteiger partial charge is 0.245 e. The van der Waals surface area contributed by atoms with Gasteiger partial charge in [-0.05, 0) is 37.7 Å². The van der Waals surface area contributed by atoms with E-state index in [2.05, 4.69) is 5.32 Å². The number of amides is 2. The fourth-order valence-corrected chi connectivity index (χ4v) is 4.04. The molecule has 4 nitrogen and oxygen atoms in total. The standard InChI is InChI=1S/C21H30N2O2/c24-20(18-12-6-2-7-13-18)22-19(16-17-10-4-1-5-11-17)21(25)23-14-8-3-9-15-23/h1,4-5,10-11,18-19H,2-3,6-9,12-16H2,(H,22,24)/t19-/m1/s1. The molecule has 1 saturated carbocycles. The maximum Gasteiger partial charge on any atom is 0.245 e. The molecule has 1 N–H and O–H groups in total. The summed E-state index contributed by atoms with van der Waals surface area (Å²) in [5.41, 5.74) is 1.10. The first-order valence-corrected chi connectivity index (χ1v) is 9.87. The molecule has 1 aliphatic carbocycles. The van der Waals surface area contributed by atoms with Crippen LogP contribution in [0.25, 0.3) is 0 Å². The van der Waals surface area contributed by atoms with Gasteiger partial charge in [-0.2, -0.15) is 0 Å². The first kappa shape index (κ1) is 18.0. The van der Waals surface area contributed by atoms with E-state index < -0.39 is 6.04 Å². The number of carbonyl (C=O) groups excluding carboxylic acids is 2. The highest BCUT2D eigenvalue weighted by Crippen LogP contribution is 2.24. The van der Waals surface area contributed by atoms with E-state index in [0.717, 1.165) is 57.2 Å². The Balaban J connectivity index is 1.68. The predicted octanol–water partition coefficient (Wildman–Crippen LogP) is 3.31. The Morgan fingerprint density at radius 3 is 2.28 bits per heavy atom. The van der Waals surface area contributed by atoms with Crippen LogP contribution in [0.3, 0.4) is 0 Å². The zero-order chi connectivity index (χ0) is 17.5. The molecule has 1 saturated heterocycles. The van der Waals surface area contributed by atoms with E-state index in [1.54, 1.807) is 0 Å². The highest BCUT2D eigenvalue weighted by molar-refractivity contribution is 5.88. The Kier molecular flexibility index (Phi) is 6.48. The lowest BCUT2D eigenvalue weighted by Gasteiger charge is -2.32. The monoisotopic (exact) mass is 342 g/mol. The molecule has 0 aromatic heterocycles. The number of nitrogens with one attached hydrogen (secondary N) is 1. The summed E-state index contributed by atoms with van der Waals surface area (Å²) in [7, 11) is 0. The Labute approximate surface area is 151 Å². The van der Waals surface area contributed by atoms with Crippen molar-refractivity contribution in [3.63, 3.8) is 0 Å². The van der Waals surface area contributed by atoms with Crippen LogP contribution in [-0.2, 0) is 16.0 Å². The molecule has 0 unspecified atom stereocenters. The van der Waals surface area contributed by atoms with Gasteiger partial charge in [0.15, 0.2) is 0 Å². The van der Waals surface area contributed by atoms with Gasteiger partial charge < -0.3 is 10.2 Å². The first-order chi connectivity index (χ1) is 12.2. The van der Waals surface area contributed by atoms with Crippen molar-refractivity contribution in [2.75, 3.05) is 13.1 Å². The van der Waals surface area contributed by atoms with Crippen molar-refractivity contribution in [1.29, 1.82) is 0 Å². The topological polar surface area (TPSA) is 49.4 Å². The number of hydrogen-bond donors (Lipinski definition) is 1.